The summed E-state index contributed by atoms with van der Waals surface area (Å²) in [7, 11) is 0. The fraction of sp³-hybridized carbons (Fsp3) is 0.800. The second-order valence-corrected chi connectivity index (χ2v) is 6.40. The molecule has 9 heavy (non-hydrogen) atoms. The van der Waals surface area contributed by atoms with E-state index >= 15 is 0 Å². The molecule has 4 heteroatoms. The fourth-order valence-electron chi connectivity index (χ4n) is 0.198. The van der Waals surface area contributed by atoms with Crippen LogP contribution in [0.1, 0.15) is 13.8 Å². The molecule has 0 fully saturated rings. The summed E-state index contributed by atoms with van der Waals surface area (Å²) in [5.41, 5.74) is 0. The van der Waals surface area contributed by atoms with Crippen molar-refractivity contribution in [3.05, 3.63) is 0 Å². The van der Waals surface area contributed by atoms with Crippen molar-refractivity contribution in [3.8, 4) is 0 Å². The van der Waals surface area contributed by atoms with Crippen LogP contribution < -0.4 is 24.7 Å². The van der Waals surface area contributed by atoms with Gasteiger partial charge >= 0.3 is 80.5 Å². The van der Waals surface area contributed by atoms with E-state index in [4.69, 9.17) is 0 Å². The molecule has 0 aliphatic carbocycles. The standard InChI is InChI=1S/C5H10I2NO/c1-5(2,7-3)4(9)8-6/h1-3H3,(H,8,9)/q-1. The second kappa shape index (κ2) is 3.95. The normalized spacial score (nSPS) is 11.6. The number of halogens is 2. The number of carbonyl (C=O) groups is 1. The molecule has 0 bridgehead atoms. The Bertz CT molecular complexity index is 114. The van der Waals surface area contributed by atoms with E-state index in [2.05, 4.69) is 8.46 Å². The van der Waals surface area contributed by atoms with E-state index in [0.717, 1.165) is 0 Å². The molecule has 2 nitrogen and oxygen atoms in total. The van der Waals surface area contributed by atoms with Crippen LogP contribution >= 0.6 is 22.9 Å². The Balaban J connectivity index is 3.97. The van der Waals surface area contributed by atoms with Crippen LogP contribution in [0, 0.1) is 0 Å². The third-order valence-electron chi connectivity index (χ3n) is 1.10. The Morgan fingerprint density at radius 1 is 1.67 bits per heavy atom. The summed E-state index contributed by atoms with van der Waals surface area (Å²) < 4.78 is 2.52. The zero-order valence-corrected chi connectivity index (χ0v) is 9.98. The Morgan fingerprint density at radius 2 is 2.11 bits per heavy atom. The summed E-state index contributed by atoms with van der Waals surface area (Å²) in [6, 6.07) is 0. The van der Waals surface area contributed by atoms with Gasteiger partial charge in [0.15, 0.2) is 0 Å². The summed E-state index contributed by atoms with van der Waals surface area (Å²) in [6.45, 7) is 3.96. The van der Waals surface area contributed by atoms with Crippen molar-refractivity contribution in [2.24, 2.45) is 0 Å². The topological polar surface area (TPSA) is 29.1 Å². The second-order valence-electron chi connectivity index (χ2n) is 2.09. The summed E-state index contributed by atoms with van der Waals surface area (Å²) in [6.07, 6.45) is 0. The van der Waals surface area contributed by atoms with Crippen LogP contribution in [0.3, 0.4) is 0 Å². The summed E-state index contributed by atoms with van der Waals surface area (Å²) in [5, 5.41) is 0. The number of hydrogen-bond acceptors (Lipinski definition) is 1. The molecule has 0 rings (SSSR count). The first kappa shape index (κ1) is 9.93. The van der Waals surface area contributed by atoms with E-state index in [1.807, 2.05) is 36.7 Å². The third-order valence-corrected chi connectivity index (χ3v) is 4.77. The van der Waals surface area contributed by atoms with Gasteiger partial charge < -0.3 is 0 Å². The molecular weight excluding hydrogens is 344 g/mol. The van der Waals surface area contributed by atoms with Gasteiger partial charge in [0.05, 0.1) is 0 Å². The molecule has 0 aliphatic heterocycles. The van der Waals surface area contributed by atoms with Crippen molar-refractivity contribution >= 4 is 28.8 Å². The van der Waals surface area contributed by atoms with Crippen molar-refractivity contribution in [1.29, 1.82) is 0 Å². The van der Waals surface area contributed by atoms with Gasteiger partial charge in [0.25, 0.3) is 0 Å². The Labute approximate surface area is 79.9 Å². The molecule has 0 heterocycles. The fourth-order valence-corrected chi connectivity index (χ4v) is 2.01. The Morgan fingerprint density at radius 3 is 2.22 bits per heavy atom. The molecule has 0 atom stereocenters. The first-order valence-corrected chi connectivity index (χ1v) is 6.78. The van der Waals surface area contributed by atoms with Crippen molar-refractivity contribution < 1.29 is 26.0 Å². The average Bonchev–Trinajstić information content (AvgIpc) is 1.86. The van der Waals surface area contributed by atoms with Crippen LogP contribution in [-0.4, -0.2) is 14.3 Å². The minimum atomic E-state index is -0.0972. The van der Waals surface area contributed by atoms with Gasteiger partial charge in [-0.1, -0.05) is 0 Å². The molecule has 0 unspecified atom stereocenters. The SMILES string of the molecule is C[I-]C(C)(C)C(=O)NI. The zero-order valence-electron chi connectivity index (χ0n) is 5.66. The molecule has 0 aromatic rings. The van der Waals surface area contributed by atoms with Crippen molar-refractivity contribution in [2.45, 2.75) is 17.3 Å². The van der Waals surface area contributed by atoms with E-state index < -0.39 is 0 Å². The molecule has 0 saturated heterocycles. The van der Waals surface area contributed by atoms with Gasteiger partial charge in [0.2, 0.25) is 0 Å². The number of rotatable bonds is 2. The number of hydrogen-bond donors (Lipinski definition) is 1. The van der Waals surface area contributed by atoms with E-state index in [1.165, 1.54) is 0 Å². The third kappa shape index (κ3) is 3.01. The Hall–Kier alpha value is 0.930. The van der Waals surface area contributed by atoms with Gasteiger partial charge in [-0.15, -0.1) is 0 Å². The number of carbonyl (C=O) groups excluding carboxylic acids is 1. The van der Waals surface area contributed by atoms with E-state index in [9.17, 15) is 4.79 Å². The molecule has 0 aromatic carbocycles. The van der Waals surface area contributed by atoms with Gasteiger partial charge in [0, 0.05) is 0 Å². The van der Waals surface area contributed by atoms with Gasteiger partial charge in [-0.2, -0.15) is 0 Å². The van der Waals surface area contributed by atoms with Crippen LogP contribution in [0.15, 0.2) is 0 Å². The van der Waals surface area contributed by atoms with Crippen LogP contribution in [0.2, 0.25) is 0 Å². The van der Waals surface area contributed by atoms with Crippen molar-refractivity contribution in [1.82, 2.24) is 3.53 Å². The zero-order chi connectivity index (χ0) is 7.49. The summed E-state index contributed by atoms with van der Waals surface area (Å²) in [4.78, 5) is 13.1. The molecule has 0 spiro atoms. The number of amides is 1. The van der Waals surface area contributed by atoms with Gasteiger partial charge in [-0.3, -0.25) is 0 Å². The van der Waals surface area contributed by atoms with Gasteiger partial charge in [0.1, 0.15) is 0 Å². The number of nitrogens with one attached hydrogen (secondary N) is 1. The monoisotopic (exact) mass is 354 g/mol. The molecule has 0 aliphatic rings. The molecule has 1 amide bonds. The predicted molar refractivity (Wildman–Crippen MR) is 42.2 cm³/mol. The summed E-state index contributed by atoms with van der Waals surface area (Å²) >= 11 is 1.88. The predicted octanol–water partition coefficient (Wildman–Crippen LogP) is -2.05. The minimum absolute atomic E-state index is 0.00245. The quantitative estimate of drug-likeness (QED) is 0.346. The first-order valence-electron chi connectivity index (χ1n) is 2.46. The summed E-state index contributed by atoms with van der Waals surface area (Å²) in [5.74, 6) is 0.151. The average molecular weight is 354 g/mol. The molecular formula is C5H10I2NO-. The van der Waals surface area contributed by atoms with Gasteiger partial charge in [-0.05, 0) is 0 Å². The maximum absolute atomic E-state index is 11.0. The maximum atomic E-state index is 11.0. The molecule has 1 N–H and O–H groups in total. The molecule has 56 valence electrons. The van der Waals surface area contributed by atoms with Crippen LogP contribution in [0.4, 0.5) is 0 Å². The first-order chi connectivity index (χ1) is 4.04. The molecule has 0 saturated carbocycles. The van der Waals surface area contributed by atoms with Crippen LogP contribution in [-0.2, 0) is 4.79 Å². The Kier molecular flexibility index (Phi) is 4.35. The van der Waals surface area contributed by atoms with E-state index in [1.54, 1.807) is 0 Å². The van der Waals surface area contributed by atoms with Crippen LogP contribution in [0.5, 0.6) is 0 Å². The van der Waals surface area contributed by atoms with Gasteiger partial charge in [-0.25, -0.2) is 0 Å². The molecule has 0 radical (unpaired) electrons. The van der Waals surface area contributed by atoms with Crippen LogP contribution in [0.25, 0.3) is 0 Å². The van der Waals surface area contributed by atoms with Crippen molar-refractivity contribution in [2.75, 3.05) is 4.93 Å². The molecule has 0 aromatic heterocycles. The van der Waals surface area contributed by atoms with Crippen molar-refractivity contribution in [3.63, 3.8) is 0 Å². The van der Waals surface area contributed by atoms with E-state index in [-0.39, 0.29) is 30.5 Å². The number of alkyl halides is 2. The van der Waals surface area contributed by atoms with E-state index in [0.29, 0.717) is 0 Å².